The van der Waals surface area contributed by atoms with Gasteiger partial charge < -0.3 is 9.63 Å². The minimum Gasteiger partial charge on any atom is -0.494 e. The van der Waals surface area contributed by atoms with Gasteiger partial charge in [-0.3, -0.25) is 9.05 Å². The number of hydrogen-bond donors (Lipinski definition) is 1. The maximum atomic E-state index is 10.9. The lowest BCUT2D eigenvalue weighted by molar-refractivity contribution is 0.161. The molecule has 0 spiro atoms. The Morgan fingerprint density at radius 2 is 1.94 bits per heavy atom. The standard InChI is InChI=1S/C10H15O5P/c1-13-16(11,12)15-9-5-8-14-10-6-3-2-4-7-10/h2-4,6-7H,5,8-9H2,1H3,(H,11,12). The molecule has 0 bridgehead atoms. The molecule has 0 aliphatic rings. The molecule has 0 saturated heterocycles. The van der Waals surface area contributed by atoms with Gasteiger partial charge in [0.05, 0.1) is 13.2 Å². The first kappa shape index (κ1) is 13.2. The molecule has 0 fully saturated rings. The Kier molecular flexibility index (Phi) is 5.49. The van der Waals surface area contributed by atoms with Crippen molar-refractivity contribution in [2.75, 3.05) is 20.3 Å². The molecule has 6 heteroatoms. The summed E-state index contributed by atoms with van der Waals surface area (Å²) in [4.78, 5) is 8.91. The van der Waals surface area contributed by atoms with Crippen LogP contribution in [0.3, 0.4) is 0 Å². The molecule has 0 aliphatic heterocycles. The molecule has 1 aromatic carbocycles. The van der Waals surface area contributed by atoms with E-state index in [1.54, 1.807) is 0 Å². The summed E-state index contributed by atoms with van der Waals surface area (Å²) in [7, 11) is -2.71. The molecule has 1 rings (SSSR count). The van der Waals surface area contributed by atoms with E-state index in [-0.39, 0.29) is 6.61 Å². The van der Waals surface area contributed by atoms with Crippen molar-refractivity contribution in [2.45, 2.75) is 6.42 Å². The monoisotopic (exact) mass is 246 g/mol. The third kappa shape index (κ3) is 5.28. The van der Waals surface area contributed by atoms with Crippen LogP contribution >= 0.6 is 7.82 Å². The molecule has 1 aromatic rings. The van der Waals surface area contributed by atoms with Gasteiger partial charge in [-0.25, -0.2) is 4.57 Å². The Hall–Kier alpha value is -0.870. The topological polar surface area (TPSA) is 65.0 Å². The first-order valence-electron chi connectivity index (χ1n) is 4.85. The van der Waals surface area contributed by atoms with Crippen LogP contribution in [0.25, 0.3) is 0 Å². The lowest BCUT2D eigenvalue weighted by Crippen LogP contribution is -2.02. The van der Waals surface area contributed by atoms with Gasteiger partial charge in [0.25, 0.3) is 0 Å². The second kappa shape index (κ2) is 6.66. The third-order valence-corrected chi connectivity index (χ3v) is 2.76. The van der Waals surface area contributed by atoms with Gasteiger partial charge in [-0.2, -0.15) is 0 Å². The quantitative estimate of drug-likeness (QED) is 0.590. The number of rotatable bonds is 7. The number of benzene rings is 1. The van der Waals surface area contributed by atoms with Crippen LogP contribution in [0.5, 0.6) is 5.75 Å². The fraction of sp³-hybridized carbons (Fsp3) is 0.400. The van der Waals surface area contributed by atoms with E-state index in [9.17, 15) is 4.57 Å². The molecule has 5 nitrogen and oxygen atoms in total. The summed E-state index contributed by atoms with van der Waals surface area (Å²) in [5.74, 6) is 0.765. The molecule has 90 valence electrons. The van der Waals surface area contributed by atoms with E-state index in [2.05, 4.69) is 9.05 Å². The van der Waals surface area contributed by atoms with E-state index in [4.69, 9.17) is 9.63 Å². The lowest BCUT2D eigenvalue weighted by atomic mass is 10.3. The van der Waals surface area contributed by atoms with Gasteiger partial charge in [-0.1, -0.05) is 18.2 Å². The maximum absolute atomic E-state index is 10.9. The van der Waals surface area contributed by atoms with Crippen LogP contribution < -0.4 is 4.74 Å². The van der Waals surface area contributed by atoms with Crippen molar-refractivity contribution in [3.8, 4) is 5.75 Å². The van der Waals surface area contributed by atoms with Gasteiger partial charge in [0.2, 0.25) is 0 Å². The molecule has 0 aromatic heterocycles. The average molecular weight is 246 g/mol. The smallest absolute Gasteiger partial charge is 0.471 e. The number of phosphoric acid groups is 1. The molecule has 0 aliphatic carbocycles. The lowest BCUT2D eigenvalue weighted by Gasteiger charge is -2.09. The molecule has 0 radical (unpaired) electrons. The van der Waals surface area contributed by atoms with Crippen molar-refractivity contribution >= 4 is 7.82 Å². The predicted octanol–water partition coefficient (Wildman–Crippen LogP) is 2.22. The zero-order chi connectivity index (χ0) is 11.9. The average Bonchev–Trinajstić information content (AvgIpc) is 2.30. The van der Waals surface area contributed by atoms with Crippen LogP contribution in [0.1, 0.15) is 6.42 Å². The van der Waals surface area contributed by atoms with Gasteiger partial charge in [-0.15, -0.1) is 0 Å². The fourth-order valence-corrected chi connectivity index (χ4v) is 1.46. The van der Waals surface area contributed by atoms with Crippen molar-refractivity contribution in [1.82, 2.24) is 0 Å². The molecule has 1 N–H and O–H groups in total. The van der Waals surface area contributed by atoms with Crippen molar-refractivity contribution in [1.29, 1.82) is 0 Å². The Morgan fingerprint density at radius 1 is 1.25 bits per heavy atom. The highest BCUT2D eigenvalue weighted by molar-refractivity contribution is 7.47. The summed E-state index contributed by atoms with van der Waals surface area (Å²) in [5, 5.41) is 0. The van der Waals surface area contributed by atoms with E-state index < -0.39 is 7.82 Å². The zero-order valence-electron chi connectivity index (χ0n) is 9.04. The number of ether oxygens (including phenoxy) is 1. The molecule has 16 heavy (non-hydrogen) atoms. The molecule has 1 atom stereocenters. The summed E-state index contributed by atoms with van der Waals surface area (Å²) in [5.41, 5.74) is 0. The second-order valence-electron chi connectivity index (χ2n) is 3.00. The van der Waals surface area contributed by atoms with Gasteiger partial charge in [0.15, 0.2) is 0 Å². The highest BCUT2D eigenvalue weighted by Gasteiger charge is 2.17. The highest BCUT2D eigenvalue weighted by atomic mass is 31.2. The Labute approximate surface area is 94.6 Å². The van der Waals surface area contributed by atoms with Crippen molar-refractivity contribution in [2.24, 2.45) is 0 Å². The van der Waals surface area contributed by atoms with E-state index in [0.29, 0.717) is 13.0 Å². The van der Waals surface area contributed by atoms with Crippen molar-refractivity contribution in [3.63, 3.8) is 0 Å². The summed E-state index contributed by atoms with van der Waals surface area (Å²) >= 11 is 0. The van der Waals surface area contributed by atoms with Crippen LogP contribution in [-0.4, -0.2) is 25.2 Å². The first-order chi connectivity index (χ1) is 7.64. The Morgan fingerprint density at radius 3 is 2.56 bits per heavy atom. The van der Waals surface area contributed by atoms with Crippen LogP contribution in [-0.2, 0) is 13.6 Å². The van der Waals surface area contributed by atoms with Gasteiger partial charge in [0.1, 0.15) is 5.75 Å². The largest absolute Gasteiger partial charge is 0.494 e. The summed E-state index contributed by atoms with van der Waals surface area (Å²) < 4.78 is 25.1. The summed E-state index contributed by atoms with van der Waals surface area (Å²) in [6, 6.07) is 9.33. The minimum atomic E-state index is -3.84. The maximum Gasteiger partial charge on any atom is 0.471 e. The van der Waals surface area contributed by atoms with Crippen molar-refractivity contribution in [3.05, 3.63) is 30.3 Å². The fourth-order valence-electron chi connectivity index (χ4n) is 0.998. The molecular weight excluding hydrogens is 231 g/mol. The van der Waals surface area contributed by atoms with Crippen LogP contribution in [0.15, 0.2) is 30.3 Å². The normalized spacial score (nSPS) is 14.4. The van der Waals surface area contributed by atoms with E-state index in [0.717, 1.165) is 12.9 Å². The summed E-state index contributed by atoms with van der Waals surface area (Å²) in [6.45, 7) is 0.544. The van der Waals surface area contributed by atoms with Gasteiger partial charge in [0, 0.05) is 13.5 Å². The second-order valence-corrected chi connectivity index (χ2v) is 4.56. The Balaban J connectivity index is 2.11. The molecular formula is C10H15O5P. The molecule has 0 amide bonds. The first-order valence-corrected chi connectivity index (χ1v) is 6.34. The third-order valence-electron chi connectivity index (χ3n) is 1.79. The van der Waals surface area contributed by atoms with Crippen LogP contribution in [0, 0.1) is 0 Å². The van der Waals surface area contributed by atoms with E-state index in [1.165, 1.54) is 0 Å². The highest BCUT2D eigenvalue weighted by Crippen LogP contribution is 2.41. The van der Waals surface area contributed by atoms with Crippen molar-refractivity contribution < 1.29 is 23.2 Å². The number of hydrogen-bond acceptors (Lipinski definition) is 4. The Bertz CT molecular complexity index is 340. The zero-order valence-corrected chi connectivity index (χ0v) is 9.93. The number of para-hydroxylation sites is 1. The number of phosphoric ester groups is 1. The molecule has 1 unspecified atom stereocenters. The minimum absolute atomic E-state index is 0.119. The van der Waals surface area contributed by atoms with Gasteiger partial charge >= 0.3 is 7.82 Å². The SMILES string of the molecule is COP(=O)(O)OCCCOc1ccccc1. The predicted molar refractivity (Wildman–Crippen MR) is 59.3 cm³/mol. The molecule has 0 saturated carbocycles. The van der Waals surface area contributed by atoms with E-state index >= 15 is 0 Å². The van der Waals surface area contributed by atoms with E-state index in [1.807, 2.05) is 30.3 Å². The van der Waals surface area contributed by atoms with Gasteiger partial charge in [-0.05, 0) is 12.1 Å². The summed E-state index contributed by atoms with van der Waals surface area (Å²) in [6.07, 6.45) is 0.517. The van der Waals surface area contributed by atoms with Crippen LogP contribution in [0.4, 0.5) is 0 Å². The molecule has 0 heterocycles. The van der Waals surface area contributed by atoms with Crippen LogP contribution in [0.2, 0.25) is 0 Å².